The summed E-state index contributed by atoms with van der Waals surface area (Å²) in [4.78, 5) is 0. The van der Waals surface area contributed by atoms with E-state index >= 15 is 0 Å². The molecule has 0 aromatic rings. The van der Waals surface area contributed by atoms with Crippen LogP contribution in [0.1, 0.15) is 129 Å². The molecule has 3 fully saturated rings. The number of rotatable bonds is 10. The molecule has 30 heavy (non-hydrogen) atoms. The average molecular weight is 416 g/mol. The first-order valence-electron chi connectivity index (χ1n) is 13.7. The fourth-order valence-corrected chi connectivity index (χ4v) is 7.24. The predicted molar refractivity (Wildman–Crippen MR) is 126 cm³/mol. The molecular formula is C28H49NO. The molecule has 3 aliphatic carbocycles. The predicted octanol–water partition coefficient (Wildman–Crippen LogP) is 8.45. The molecule has 3 saturated carbocycles. The van der Waals surface area contributed by atoms with Crippen LogP contribution in [0.15, 0.2) is 0 Å². The first-order chi connectivity index (χ1) is 14.7. The van der Waals surface area contributed by atoms with Crippen molar-refractivity contribution in [2.24, 2.45) is 29.1 Å². The van der Waals surface area contributed by atoms with E-state index in [1.54, 1.807) is 0 Å². The van der Waals surface area contributed by atoms with Crippen LogP contribution in [0, 0.1) is 40.4 Å². The zero-order valence-electron chi connectivity index (χ0n) is 20.2. The highest BCUT2D eigenvalue weighted by Crippen LogP contribution is 2.52. The zero-order valence-corrected chi connectivity index (χ0v) is 20.2. The summed E-state index contributed by atoms with van der Waals surface area (Å²) in [5.74, 6) is 3.53. The second-order valence-electron chi connectivity index (χ2n) is 11.0. The van der Waals surface area contributed by atoms with E-state index in [2.05, 4.69) is 19.9 Å². The number of nitriles is 1. The molecule has 0 spiro atoms. The van der Waals surface area contributed by atoms with Crippen LogP contribution in [-0.2, 0) is 4.74 Å². The van der Waals surface area contributed by atoms with Crippen LogP contribution >= 0.6 is 0 Å². The average Bonchev–Trinajstić information content (AvgIpc) is 2.80. The van der Waals surface area contributed by atoms with Gasteiger partial charge in [-0.25, -0.2) is 0 Å². The molecule has 0 bridgehead atoms. The number of ether oxygens (including phenoxy) is 1. The van der Waals surface area contributed by atoms with Crippen LogP contribution in [0.4, 0.5) is 0 Å². The fourth-order valence-electron chi connectivity index (χ4n) is 7.24. The van der Waals surface area contributed by atoms with E-state index in [4.69, 9.17) is 4.74 Å². The minimum Gasteiger partial charge on any atom is -0.379 e. The number of nitrogens with zero attached hydrogens (tertiary/aromatic N) is 1. The largest absolute Gasteiger partial charge is 0.379 e. The lowest BCUT2D eigenvalue weighted by atomic mass is 9.58. The molecule has 2 heteroatoms. The molecule has 172 valence electrons. The van der Waals surface area contributed by atoms with Crippen molar-refractivity contribution in [1.82, 2.24) is 0 Å². The molecule has 0 heterocycles. The van der Waals surface area contributed by atoms with Gasteiger partial charge in [-0.05, 0) is 94.8 Å². The minimum absolute atomic E-state index is 0.0105. The van der Waals surface area contributed by atoms with Crippen molar-refractivity contribution in [3.05, 3.63) is 0 Å². The van der Waals surface area contributed by atoms with Crippen LogP contribution in [0.5, 0.6) is 0 Å². The van der Waals surface area contributed by atoms with Crippen LogP contribution in [0.2, 0.25) is 0 Å². The molecule has 0 aromatic heterocycles. The van der Waals surface area contributed by atoms with Gasteiger partial charge in [0.05, 0.1) is 17.6 Å². The molecule has 0 atom stereocenters. The first-order valence-corrected chi connectivity index (χ1v) is 13.7. The first kappa shape index (κ1) is 24.1. The summed E-state index contributed by atoms with van der Waals surface area (Å²) in [6.07, 6.45) is 24.8. The van der Waals surface area contributed by atoms with Crippen molar-refractivity contribution in [3.8, 4) is 6.07 Å². The van der Waals surface area contributed by atoms with E-state index < -0.39 is 0 Å². The van der Waals surface area contributed by atoms with Gasteiger partial charge in [0, 0.05) is 6.61 Å². The normalized spacial score (nSPS) is 37.6. The standard InChI is InChI=1S/C28H49NO/c1-3-5-6-7-8-9-23-10-12-24(13-11-23)25-18-20-28(22-29,21-19-25)26-14-16-27(17-15-26)30-4-2/h23-27H,3-21H2,1-2H3/t23?,24?,25-,26?,27?,28-. The maximum absolute atomic E-state index is 10.1. The van der Waals surface area contributed by atoms with E-state index in [0.29, 0.717) is 12.0 Å². The van der Waals surface area contributed by atoms with Gasteiger partial charge in [0.1, 0.15) is 0 Å². The van der Waals surface area contributed by atoms with E-state index in [1.165, 1.54) is 116 Å². The summed E-state index contributed by atoms with van der Waals surface area (Å²) in [7, 11) is 0. The smallest absolute Gasteiger partial charge is 0.0692 e. The molecule has 0 unspecified atom stereocenters. The number of unbranched alkanes of at least 4 members (excludes halogenated alkanes) is 4. The van der Waals surface area contributed by atoms with Gasteiger partial charge in [-0.15, -0.1) is 0 Å². The quantitative estimate of drug-likeness (QED) is 0.335. The molecule has 2 nitrogen and oxygen atoms in total. The Balaban J connectivity index is 1.37. The Morgan fingerprint density at radius 1 is 0.767 bits per heavy atom. The third-order valence-corrected chi connectivity index (χ3v) is 9.28. The Kier molecular flexibility index (Phi) is 10.0. The SMILES string of the molecule is CCCCCCCC1CCC([C@H]2CC[C@](C#N)(C3CCC(OCC)CC3)CC2)CC1. The molecule has 0 aliphatic heterocycles. The summed E-state index contributed by atoms with van der Waals surface area (Å²) in [5, 5.41) is 10.1. The lowest BCUT2D eigenvalue weighted by molar-refractivity contribution is -0.00233. The summed E-state index contributed by atoms with van der Waals surface area (Å²) < 4.78 is 5.85. The van der Waals surface area contributed by atoms with Gasteiger partial charge in [-0.3, -0.25) is 0 Å². The van der Waals surface area contributed by atoms with Gasteiger partial charge >= 0.3 is 0 Å². The highest BCUT2D eigenvalue weighted by atomic mass is 16.5. The second-order valence-corrected chi connectivity index (χ2v) is 11.0. The van der Waals surface area contributed by atoms with Gasteiger partial charge in [0.15, 0.2) is 0 Å². The summed E-state index contributed by atoms with van der Waals surface area (Å²) >= 11 is 0. The lowest BCUT2D eigenvalue weighted by Gasteiger charge is -2.45. The van der Waals surface area contributed by atoms with Crippen molar-refractivity contribution in [1.29, 1.82) is 5.26 Å². The number of hydrogen-bond donors (Lipinski definition) is 0. The molecule has 0 aromatic carbocycles. The van der Waals surface area contributed by atoms with E-state index in [1.807, 2.05) is 0 Å². The highest BCUT2D eigenvalue weighted by molar-refractivity contribution is 5.06. The van der Waals surface area contributed by atoms with Crippen LogP contribution in [0.3, 0.4) is 0 Å². The van der Waals surface area contributed by atoms with Gasteiger partial charge in [0.2, 0.25) is 0 Å². The highest BCUT2D eigenvalue weighted by Gasteiger charge is 2.44. The van der Waals surface area contributed by atoms with Gasteiger partial charge in [-0.2, -0.15) is 5.26 Å². The van der Waals surface area contributed by atoms with E-state index in [-0.39, 0.29) is 5.41 Å². The van der Waals surface area contributed by atoms with Crippen LogP contribution in [-0.4, -0.2) is 12.7 Å². The van der Waals surface area contributed by atoms with E-state index in [0.717, 1.165) is 24.4 Å². The van der Waals surface area contributed by atoms with Crippen molar-refractivity contribution in [2.45, 2.75) is 136 Å². The summed E-state index contributed by atoms with van der Waals surface area (Å²) in [5.41, 5.74) is -0.0105. The molecule has 0 amide bonds. The van der Waals surface area contributed by atoms with Crippen molar-refractivity contribution in [3.63, 3.8) is 0 Å². The monoisotopic (exact) mass is 415 g/mol. The van der Waals surface area contributed by atoms with E-state index in [9.17, 15) is 5.26 Å². The topological polar surface area (TPSA) is 33.0 Å². The van der Waals surface area contributed by atoms with Gasteiger partial charge < -0.3 is 4.74 Å². The molecule has 0 radical (unpaired) electrons. The van der Waals surface area contributed by atoms with Crippen LogP contribution in [0.25, 0.3) is 0 Å². The zero-order chi connectivity index (χ0) is 21.2. The molecule has 0 saturated heterocycles. The Morgan fingerprint density at radius 2 is 1.40 bits per heavy atom. The van der Waals surface area contributed by atoms with Crippen molar-refractivity contribution < 1.29 is 4.74 Å². The van der Waals surface area contributed by atoms with Crippen molar-refractivity contribution >= 4 is 0 Å². The molecular weight excluding hydrogens is 366 g/mol. The Hall–Kier alpha value is -0.550. The Morgan fingerprint density at radius 3 is 2.00 bits per heavy atom. The number of hydrogen-bond acceptors (Lipinski definition) is 2. The minimum atomic E-state index is -0.0105. The third-order valence-electron chi connectivity index (χ3n) is 9.28. The fraction of sp³-hybridized carbons (Fsp3) is 0.964. The maximum Gasteiger partial charge on any atom is 0.0692 e. The van der Waals surface area contributed by atoms with Gasteiger partial charge in [0.25, 0.3) is 0 Å². The Labute approximate surface area is 187 Å². The molecule has 3 aliphatic rings. The van der Waals surface area contributed by atoms with Gasteiger partial charge in [-0.1, -0.05) is 58.3 Å². The van der Waals surface area contributed by atoms with Crippen LogP contribution < -0.4 is 0 Å². The Bertz CT molecular complexity index is 499. The third kappa shape index (κ3) is 6.48. The lowest BCUT2D eigenvalue weighted by Crippen LogP contribution is -2.38. The van der Waals surface area contributed by atoms with Crippen molar-refractivity contribution in [2.75, 3.05) is 6.61 Å². The maximum atomic E-state index is 10.1. The summed E-state index contributed by atoms with van der Waals surface area (Å²) in [6, 6.07) is 2.86. The molecule has 3 rings (SSSR count). The molecule has 0 N–H and O–H groups in total. The second kappa shape index (κ2) is 12.5. The summed E-state index contributed by atoms with van der Waals surface area (Å²) in [6.45, 7) is 5.24.